The minimum absolute atomic E-state index is 0.0124. The average molecular weight is 382 g/mol. The number of hydrogen-bond donors (Lipinski definition) is 6. The zero-order valence-corrected chi connectivity index (χ0v) is 15.3. The molecule has 0 saturated heterocycles. The molecule has 0 saturated carbocycles. The molecule has 0 aromatic carbocycles. The van der Waals surface area contributed by atoms with Gasteiger partial charge < -0.3 is 32.2 Å². The first-order valence-corrected chi connectivity index (χ1v) is 8.44. The average Bonchev–Trinajstić information content (AvgIpc) is 3.05. The van der Waals surface area contributed by atoms with Gasteiger partial charge in [0.25, 0.3) is 0 Å². The molecule has 0 radical (unpaired) electrons. The summed E-state index contributed by atoms with van der Waals surface area (Å²) in [5.41, 5.74) is 11.6. The van der Waals surface area contributed by atoms with E-state index in [1.165, 1.54) is 12.5 Å². The van der Waals surface area contributed by atoms with Crippen molar-refractivity contribution in [1.29, 1.82) is 0 Å². The third-order valence-corrected chi connectivity index (χ3v) is 3.69. The van der Waals surface area contributed by atoms with Crippen molar-refractivity contribution in [1.82, 2.24) is 20.6 Å². The molecule has 11 heteroatoms. The van der Waals surface area contributed by atoms with Crippen LogP contribution in [-0.2, 0) is 25.6 Å². The number of H-pyrrole nitrogens is 1. The number of carbonyl (C=O) groups is 4. The van der Waals surface area contributed by atoms with Crippen molar-refractivity contribution in [3.63, 3.8) is 0 Å². The molecule has 0 aliphatic carbocycles. The number of primary amides is 1. The van der Waals surface area contributed by atoms with Gasteiger partial charge in [-0.2, -0.15) is 0 Å². The van der Waals surface area contributed by atoms with Gasteiger partial charge in [0.05, 0.1) is 18.8 Å². The summed E-state index contributed by atoms with van der Waals surface area (Å²) in [6, 6.07) is -3.47. The molecular weight excluding hydrogens is 356 g/mol. The fraction of sp³-hybridized carbons (Fsp3) is 0.562. The second kappa shape index (κ2) is 10.3. The van der Waals surface area contributed by atoms with Crippen LogP contribution in [0.4, 0.5) is 0 Å². The van der Waals surface area contributed by atoms with Crippen molar-refractivity contribution in [3.8, 4) is 0 Å². The van der Waals surface area contributed by atoms with Gasteiger partial charge >= 0.3 is 5.97 Å². The third kappa shape index (κ3) is 7.86. The SMILES string of the molecule is CC(C)CC(NC(=O)C(CC(N)=O)NC(=O)C(N)Cc1cnc[nH]1)C(=O)O. The Bertz CT molecular complexity index is 660. The van der Waals surface area contributed by atoms with E-state index in [1.807, 2.05) is 0 Å². The number of aliphatic carboxylic acids is 1. The van der Waals surface area contributed by atoms with E-state index in [1.54, 1.807) is 13.8 Å². The normalized spacial score (nSPS) is 14.2. The Balaban J connectivity index is 2.77. The first-order chi connectivity index (χ1) is 12.6. The molecule has 0 bridgehead atoms. The van der Waals surface area contributed by atoms with Crippen molar-refractivity contribution in [2.75, 3.05) is 0 Å². The lowest BCUT2D eigenvalue weighted by molar-refractivity contribution is -0.142. The monoisotopic (exact) mass is 382 g/mol. The van der Waals surface area contributed by atoms with Crippen molar-refractivity contribution < 1.29 is 24.3 Å². The predicted octanol–water partition coefficient (Wildman–Crippen LogP) is -1.74. The maximum atomic E-state index is 12.4. The molecule has 3 unspecified atom stereocenters. The summed E-state index contributed by atoms with van der Waals surface area (Å²) in [5.74, 6) is -3.52. The summed E-state index contributed by atoms with van der Waals surface area (Å²) in [6.07, 6.45) is 2.79. The van der Waals surface area contributed by atoms with Gasteiger partial charge in [-0.05, 0) is 12.3 Å². The Morgan fingerprint density at radius 2 is 1.81 bits per heavy atom. The summed E-state index contributed by atoms with van der Waals surface area (Å²) in [7, 11) is 0. The fourth-order valence-corrected chi connectivity index (χ4v) is 2.38. The number of carboxylic acid groups (broad SMARTS) is 1. The number of carbonyl (C=O) groups excluding carboxylic acids is 3. The van der Waals surface area contributed by atoms with Crippen LogP contribution in [0.5, 0.6) is 0 Å². The molecule has 1 rings (SSSR count). The van der Waals surface area contributed by atoms with E-state index in [9.17, 15) is 24.3 Å². The molecule has 8 N–H and O–H groups in total. The lowest BCUT2D eigenvalue weighted by Gasteiger charge is -2.22. The number of nitrogens with one attached hydrogen (secondary N) is 3. The fourth-order valence-electron chi connectivity index (χ4n) is 2.38. The minimum atomic E-state index is -1.32. The van der Waals surface area contributed by atoms with Gasteiger partial charge in [0, 0.05) is 18.3 Å². The smallest absolute Gasteiger partial charge is 0.326 e. The molecule has 0 aliphatic rings. The Morgan fingerprint density at radius 1 is 1.19 bits per heavy atom. The molecule has 3 atom stereocenters. The molecule has 1 aromatic heterocycles. The van der Waals surface area contributed by atoms with Crippen molar-refractivity contribution in [2.45, 2.75) is 51.2 Å². The number of rotatable bonds is 11. The molecular formula is C16H26N6O5. The molecule has 1 heterocycles. The highest BCUT2D eigenvalue weighted by atomic mass is 16.4. The van der Waals surface area contributed by atoms with Crippen LogP contribution in [0.15, 0.2) is 12.5 Å². The van der Waals surface area contributed by atoms with Gasteiger partial charge in [-0.15, -0.1) is 0 Å². The molecule has 11 nitrogen and oxygen atoms in total. The third-order valence-electron chi connectivity index (χ3n) is 3.69. The van der Waals surface area contributed by atoms with Crippen LogP contribution in [0.25, 0.3) is 0 Å². The van der Waals surface area contributed by atoms with Crippen molar-refractivity contribution in [2.24, 2.45) is 17.4 Å². The van der Waals surface area contributed by atoms with Crippen molar-refractivity contribution in [3.05, 3.63) is 18.2 Å². The highest BCUT2D eigenvalue weighted by Gasteiger charge is 2.29. The van der Waals surface area contributed by atoms with E-state index in [0.717, 1.165) is 0 Å². The topological polar surface area (TPSA) is 193 Å². The first-order valence-electron chi connectivity index (χ1n) is 8.44. The van der Waals surface area contributed by atoms with Gasteiger partial charge in [0.2, 0.25) is 17.7 Å². The Labute approximate surface area is 156 Å². The molecule has 27 heavy (non-hydrogen) atoms. The van der Waals surface area contributed by atoms with Crippen LogP contribution in [0.1, 0.15) is 32.4 Å². The standard InChI is InChI=1S/C16H26N6O5/c1-8(2)3-12(16(26)27)22-15(25)11(5-13(18)23)21-14(24)10(17)4-9-6-19-7-20-9/h6-8,10-12H,3-5,17H2,1-2H3,(H2,18,23)(H,19,20)(H,21,24)(H,22,25)(H,26,27). The maximum absolute atomic E-state index is 12.4. The van der Waals surface area contributed by atoms with E-state index in [0.29, 0.717) is 5.69 Å². The number of nitrogens with two attached hydrogens (primary N) is 2. The lowest BCUT2D eigenvalue weighted by Crippen LogP contribution is -2.55. The van der Waals surface area contributed by atoms with Crippen LogP contribution < -0.4 is 22.1 Å². The van der Waals surface area contributed by atoms with Crippen LogP contribution in [-0.4, -0.2) is 56.9 Å². The summed E-state index contributed by atoms with van der Waals surface area (Å²) >= 11 is 0. The number of aromatic amines is 1. The molecule has 150 valence electrons. The second-order valence-electron chi connectivity index (χ2n) is 6.65. The van der Waals surface area contributed by atoms with Gasteiger partial charge in [-0.3, -0.25) is 14.4 Å². The molecule has 1 aromatic rings. The molecule has 3 amide bonds. The Hall–Kier alpha value is -2.95. The minimum Gasteiger partial charge on any atom is -0.480 e. The Kier molecular flexibility index (Phi) is 8.39. The predicted molar refractivity (Wildman–Crippen MR) is 95.0 cm³/mol. The van der Waals surface area contributed by atoms with Crippen LogP contribution >= 0.6 is 0 Å². The Morgan fingerprint density at radius 3 is 2.30 bits per heavy atom. The van der Waals surface area contributed by atoms with E-state index < -0.39 is 48.2 Å². The van der Waals surface area contributed by atoms with Gasteiger partial charge in [-0.25, -0.2) is 9.78 Å². The largest absolute Gasteiger partial charge is 0.480 e. The summed E-state index contributed by atoms with van der Waals surface area (Å²) in [5, 5.41) is 13.9. The van der Waals surface area contributed by atoms with E-state index >= 15 is 0 Å². The van der Waals surface area contributed by atoms with Crippen LogP contribution in [0.3, 0.4) is 0 Å². The first kappa shape index (κ1) is 22.1. The second-order valence-corrected chi connectivity index (χ2v) is 6.65. The summed E-state index contributed by atoms with van der Waals surface area (Å²) in [4.78, 5) is 53.8. The van der Waals surface area contributed by atoms with E-state index in [2.05, 4.69) is 20.6 Å². The van der Waals surface area contributed by atoms with E-state index in [4.69, 9.17) is 11.5 Å². The van der Waals surface area contributed by atoms with Gasteiger partial charge in [0.1, 0.15) is 12.1 Å². The van der Waals surface area contributed by atoms with Crippen molar-refractivity contribution >= 4 is 23.7 Å². The number of aromatic nitrogens is 2. The molecule has 0 aliphatic heterocycles. The number of amides is 3. The zero-order valence-electron chi connectivity index (χ0n) is 15.3. The lowest BCUT2D eigenvalue weighted by atomic mass is 10.0. The van der Waals surface area contributed by atoms with Gasteiger partial charge in [-0.1, -0.05) is 13.8 Å². The van der Waals surface area contributed by atoms with E-state index in [-0.39, 0.29) is 18.8 Å². The highest BCUT2D eigenvalue weighted by molar-refractivity contribution is 5.94. The molecule has 0 fully saturated rings. The van der Waals surface area contributed by atoms with Crippen LogP contribution in [0, 0.1) is 5.92 Å². The maximum Gasteiger partial charge on any atom is 0.326 e. The molecule has 0 spiro atoms. The summed E-state index contributed by atoms with van der Waals surface area (Å²) in [6.45, 7) is 3.61. The highest BCUT2D eigenvalue weighted by Crippen LogP contribution is 2.06. The number of carboxylic acids is 1. The number of hydrogen-bond acceptors (Lipinski definition) is 6. The van der Waals surface area contributed by atoms with Crippen LogP contribution in [0.2, 0.25) is 0 Å². The summed E-state index contributed by atoms with van der Waals surface area (Å²) < 4.78 is 0. The van der Waals surface area contributed by atoms with Gasteiger partial charge in [0.15, 0.2) is 0 Å². The quantitative estimate of drug-likeness (QED) is 0.261. The number of nitrogens with zero attached hydrogens (tertiary/aromatic N) is 1. The number of imidazole rings is 1. The zero-order chi connectivity index (χ0) is 20.6.